The molecule has 0 bridgehead atoms. The van der Waals surface area contributed by atoms with E-state index in [4.69, 9.17) is 10.5 Å². The minimum Gasteiger partial charge on any atom is -0.484 e. The molecular formula is C21H17F2N3O5S. The molecule has 0 aliphatic rings. The van der Waals surface area contributed by atoms with Crippen LogP contribution in [-0.4, -0.2) is 26.8 Å². The van der Waals surface area contributed by atoms with Gasteiger partial charge in [0.2, 0.25) is 5.91 Å². The summed E-state index contributed by atoms with van der Waals surface area (Å²) in [7, 11) is -4.13. The monoisotopic (exact) mass is 461 g/mol. The van der Waals surface area contributed by atoms with Gasteiger partial charge in [0.1, 0.15) is 5.75 Å². The summed E-state index contributed by atoms with van der Waals surface area (Å²) in [5.41, 5.74) is 5.98. The zero-order valence-electron chi connectivity index (χ0n) is 16.3. The molecule has 4 N–H and O–H groups in total. The molecule has 0 aliphatic carbocycles. The first-order chi connectivity index (χ1) is 15.1. The molecule has 0 unspecified atom stereocenters. The van der Waals surface area contributed by atoms with Crippen molar-refractivity contribution < 1.29 is 31.5 Å². The van der Waals surface area contributed by atoms with Gasteiger partial charge in [0.15, 0.2) is 18.2 Å². The number of carbonyl (C=O) groups is 2. The Hall–Kier alpha value is -3.99. The zero-order chi connectivity index (χ0) is 23.3. The molecule has 0 fully saturated rings. The van der Waals surface area contributed by atoms with Gasteiger partial charge >= 0.3 is 0 Å². The second-order valence-corrected chi connectivity index (χ2v) is 8.17. The number of benzene rings is 3. The molecule has 0 radical (unpaired) electrons. The Morgan fingerprint density at radius 2 is 1.50 bits per heavy atom. The highest BCUT2D eigenvalue weighted by Gasteiger charge is 2.17. The number of hydrogen-bond acceptors (Lipinski definition) is 5. The fraction of sp³-hybridized carbons (Fsp3) is 0.0476. The van der Waals surface area contributed by atoms with E-state index in [0.29, 0.717) is 23.1 Å². The molecular weight excluding hydrogens is 444 g/mol. The van der Waals surface area contributed by atoms with E-state index in [0.717, 1.165) is 12.1 Å². The van der Waals surface area contributed by atoms with Gasteiger partial charge in [-0.1, -0.05) is 0 Å². The molecule has 0 atom stereocenters. The number of carbonyl (C=O) groups excluding carboxylic acids is 2. The third-order valence-electron chi connectivity index (χ3n) is 4.13. The molecule has 0 saturated heterocycles. The first kappa shape index (κ1) is 22.7. The molecule has 3 rings (SSSR count). The number of primary amides is 1. The Kier molecular flexibility index (Phi) is 6.69. The molecule has 11 heteroatoms. The van der Waals surface area contributed by atoms with Crippen molar-refractivity contribution >= 4 is 33.2 Å². The van der Waals surface area contributed by atoms with E-state index in [2.05, 4.69) is 10.0 Å². The molecule has 0 aromatic heterocycles. The lowest BCUT2D eigenvalue weighted by atomic mass is 10.2. The Morgan fingerprint density at radius 1 is 0.875 bits per heavy atom. The number of sulfonamides is 1. The van der Waals surface area contributed by atoms with Crippen molar-refractivity contribution in [1.29, 1.82) is 0 Å². The maximum atomic E-state index is 13.3. The Balaban J connectivity index is 1.56. The van der Waals surface area contributed by atoms with E-state index < -0.39 is 38.4 Å². The van der Waals surface area contributed by atoms with E-state index in [9.17, 15) is 26.8 Å². The van der Waals surface area contributed by atoms with E-state index >= 15 is 0 Å². The number of anilines is 2. The number of rotatable bonds is 8. The van der Waals surface area contributed by atoms with Crippen LogP contribution in [0.25, 0.3) is 0 Å². The molecule has 2 amide bonds. The number of halogens is 2. The molecule has 0 aliphatic heterocycles. The maximum Gasteiger partial charge on any atom is 0.262 e. The van der Waals surface area contributed by atoms with Crippen LogP contribution in [0.3, 0.4) is 0 Å². The van der Waals surface area contributed by atoms with Gasteiger partial charge in [-0.05, 0) is 66.7 Å². The summed E-state index contributed by atoms with van der Waals surface area (Å²) in [6.07, 6.45) is 0. The van der Waals surface area contributed by atoms with Crippen molar-refractivity contribution in [1.82, 2.24) is 0 Å². The van der Waals surface area contributed by atoms with Gasteiger partial charge in [0, 0.05) is 16.9 Å². The summed E-state index contributed by atoms with van der Waals surface area (Å²) in [6, 6.07) is 13.8. The minimum absolute atomic E-state index is 0.151. The second kappa shape index (κ2) is 9.43. The molecule has 0 saturated carbocycles. The van der Waals surface area contributed by atoms with E-state index in [1.165, 1.54) is 48.5 Å². The van der Waals surface area contributed by atoms with Gasteiger partial charge in [-0.2, -0.15) is 0 Å². The van der Waals surface area contributed by atoms with Crippen LogP contribution in [0.15, 0.2) is 71.6 Å². The number of nitrogens with two attached hydrogens (primary N) is 1. The molecule has 8 nitrogen and oxygen atoms in total. The molecule has 0 heterocycles. The predicted molar refractivity (Wildman–Crippen MR) is 113 cm³/mol. The molecule has 3 aromatic rings. The van der Waals surface area contributed by atoms with Crippen LogP contribution in [0.4, 0.5) is 20.2 Å². The second-order valence-electron chi connectivity index (χ2n) is 6.48. The van der Waals surface area contributed by atoms with Crippen LogP contribution < -0.4 is 20.5 Å². The lowest BCUT2D eigenvalue weighted by Gasteiger charge is -2.10. The van der Waals surface area contributed by atoms with Gasteiger partial charge < -0.3 is 15.8 Å². The Labute approximate surface area is 182 Å². The van der Waals surface area contributed by atoms with Gasteiger partial charge in [-0.25, -0.2) is 17.2 Å². The van der Waals surface area contributed by atoms with Gasteiger partial charge in [-0.3, -0.25) is 14.3 Å². The number of ether oxygens (including phenoxy) is 1. The van der Waals surface area contributed by atoms with E-state index in [1.54, 1.807) is 0 Å². The molecule has 3 aromatic carbocycles. The van der Waals surface area contributed by atoms with Gasteiger partial charge in [-0.15, -0.1) is 0 Å². The summed E-state index contributed by atoms with van der Waals surface area (Å²) < 4.78 is 58.5. The van der Waals surface area contributed by atoms with E-state index in [-0.39, 0.29) is 12.3 Å². The topological polar surface area (TPSA) is 128 Å². The lowest BCUT2D eigenvalue weighted by molar-refractivity contribution is -0.118. The highest BCUT2D eigenvalue weighted by atomic mass is 32.2. The number of amides is 2. The third-order valence-corrected chi connectivity index (χ3v) is 5.51. The SMILES string of the molecule is NC(=O)c1ccc(OCC(=O)Nc2ccc(NS(=O)(=O)c3ccc(F)c(F)c3)cc2)cc1. The van der Waals surface area contributed by atoms with Crippen LogP contribution in [0, 0.1) is 11.6 Å². The fourth-order valence-electron chi connectivity index (χ4n) is 2.54. The van der Waals surface area contributed by atoms with Crippen LogP contribution in [0.2, 0.25) is 0 Å². The van der Waals surface area contributed by atoms with Gasteiger partial charge in [0.05, 0.1) is 4.90 Å². The largest absolute Gasteiger partial charge is 0.484 e. The normalized spacial score (nSPS) is 10.9. The minimum atomic E-state index is -4.13. The van der Waals surface area contributed by atoms with Crippen molar-refractivity contribution in [2.24, 2.45) is 5.73 Å². The van der Waals surface area contributed by atoms with Crippen molar-refractivity contribution in [2.45, 2.75) is 4.90 Å². The first-order valence-corrected chi connectivity index (χ1v) is 10.5. The predicted octanol–water partition coefficient (Wildman–Crippen LogP) is 2.88. The summed E-state index contributed by atoms with van der Waals surface area (Å²) in [5, 5.41) is 2.57. The van der Waals surface area contributed by atoms with Crippen LogP contribution in [0.1, 0.15) is 10.4 Å². The zero-order valence-corrected chi connectivity index (χ0v) is 17.2. The standard InChI is InChI=1S/C21H17F2N3O5S/c22-18-10-9-17(11-19(18)23)32(29,30)26-15-5-3-14(4-6-15)25-20(27)12-31-16-7-1-13(2-8-16)21(24)28/h1-11,26H,12H2,(H2,24,28)(H,25,27). The van der Waals surface area contributed by atoms with Crippen molar-refractivity contribution in [3.05, 3.63) is 83.9 Å². The average Bonchev–Trinajstić information content (AvgIpc) is 2.75. The maximum absolute atomic E-state index is 13.3. The number of hydrogen-bond donors (Lipinski definition) is 3. The van der Waals surface area contributed by atoms with Gasteiger partial charge in [0.25, 0.3) is 15.9 Å². The van der Waals surface area contributed by atoms with Crippen molar-refractivity contribution in [2.75, 3.05) is 16.6 Å². The van der Waals surface area contributed by atoms with E-state index in [1.807, 2.05) is 0 Å². The summed E-state index contributed by atoms with van der Waals surface area (Å²) in [4.78, 5) is 22.6. The summed E-state index contributed by atoms with van der Waals surface area (Å²) in [6.45, 7) is -0.305. The highest BCUT2D eigenvalue weighted by Crippen LogP contribution is 2.20. The third kappa shape index (κ3) is 5.79. The smallest absolute Gasteiger partial charge is 0.262 e. The Morgan fingerprint density at radius 3 is 2.09 bits per heavy atom. The quantitative estimate of drug-likeness (QED) is 0.475. The van der Waals surface area contributed by atoms with Crippen LogP contribution in [-0.2, 0) is 14.8 Å². The van der Waals surface area contributed by atoms with Crippen molar-refractivity contribution in [3.63, 3.8) is 0 Å². The lowest BCUT2D eigenvalue weighted by Crippen LogP contribution is -2.20. The average molecular weight is 461 g/mol. The molecule has 0 spiro atoms. The van der Waals surface area contributed by atoms with Crippen molar-refractivity contribution in [3.8, 4) is 5.75 Å². The molecule has 32 heavy (non-hydrogen) atoms. The van der Waals surface area contributed by atoms with Crippen LogP contribution >= 0.6 is 0 Å². The summed E-state index contributed by atoms with van der Waals surface area (Å²) >= 11 is 0. The number of nitrogens with one attached hydrogen (secondary N) is 2. The molecule has 166 valence electrons. The first-order valence-electron chi connectivity index (χ1n) is 9.04. The summed E-state index contributed by atoms with van der Waals surface area (Å²) in [5.74, 6) is -3.12. The Bertz CT molecular complexity index is 1250. The van der Waals surface area contributed by atoms with Crippen LogP contribution in [0.5, 0.6) is 5.75 Å². The highest BCUT2D eigenvalue weighted by molar-refractivity contribution is 7.92. The fourth-order valence-corrected chi connectivity index (χ4v) is 3.61.